The summed E-state index contributed by atoms with van der Waals surface area (Å²) >= 11 is 0. The third-order valence-electron chi connectivity index (χ3n) is 5.98. The van der Waals surface area contributed by atoms with Gasteiger partial charge in [-0.2, -0.15) is 26.3 Å². The van der Waals surface area contributed by atoms with E-state index in [1.807, 2.05) is 48.3 Å². The fourth-order valence-corrected chi connectivity index (χ4v) is 3.95. The Balaban J connectivity index is 0.000000333. The number of carbonyl (C=O) groups excluding carboxylic acids is 1. The van der Waals surface area contributed by atoms with Crippen LogP contribution in [0.15, 0.2) is 42.7 Å². The Morgan fingerprint density at radius 1 is 1.05 bits per heavy atom. The molecule has 16 heteroatoms. The fraction of sp³-hybridized carbons (Fsp3) is 0.500. The quantitative estimate of drug-likeness (QED) is 0.458. The van der Waals surface area contributed by atoms with Crippen LogP contribution in [0.1, 0.15) is 29.0 Å². The van der Waals surface area contributed by atoms with Crippen molar-refractivity contribution in [2.75, 3.05) is 26.2 Å². The maximum absolute atomic E-state index is 12.2. The van der Waals surface area contributed by atoms with Crippen LogP contribution in [0.25, 0.3) is 0 Å². The van der Waals surface area contributed by atoms with Crippen LogP contribution in [0.5, 0.6) is 0 Å². The second-order valence-corrected chi connectivity index (χ2v) is 9.19. The number of pyridine rings is 1. The Hall–Kier alpha value is -3.66. The zero-order chi connectivity index (χ0) is 30.1. The van der Waals surface area contributed by atoms with Gasteiger partial charge in [0.25, 0.3) is 5.91 Å². The molecular formula is C24H28F6N4O6. The highest BCUT2D eigenvalue weighted by atomic mass is 19.4. The highest BCUT2D eigenvalue weighted by molar-refractivity contribution is 5.92. The highest BCUT2D eigenvalue weighted by Crippen LogP contribution is 2.36. The molecule has 4 heterocycles. The molecule has 222 valence electrons. The van der Waals surface area contributed by atoms with E-state index < -0.39 is 24.3 Å². The number of amides is 1. The van der Waals surface area contributed by atoms with Gasteiger partial charge >= 0.3 is 24.3 Å². The van der Waals surface area contributed by atoms with Crippen molar-refractivity contribution in [3.63, 3.8) is 0 Å². The molecule has 2 aromatic rings. The van der Waals surface area contributed by atoms with Gasteiger partial charge in [-0.15, -0.1) is 0 Å². The summed E-state index contributed by atoms with van der Waals surface area (Å²) in [5.74, 6) is -5.13. The minimum atomic E-state index is -5.08. The van der Waals surface area contributed by atoms with Gasteiger partial charge in [0.05, 0.1) is 17.9 Å². The molecule has 1 amide bonds. The number of alkyl halides is 6. The minimum absolute atomic E-state index is 0.0111. The molecule has 4 rings (SSSR count). The number of nitrogens with one attached hydrogen (secondary N) is 1. The molecule has 40 heavy (non-hydrogen) atoms. The van der Waals surface area contributed by atoms with Crippen molar-refractivity contribution in [2.45, 2.75) is 37.3 Å². The zero-order valence-corrected chi connectivity index (χ0v) is 21.2. The molecule has 0 aromatic carbocycles. The number of halogens is 6. The third-order valence-corrected chi connectivity index (χ3v) is 5.98. The van der Waals surface area contributed by atoms with E-state index in [-0.39, 0.29) is 11.5 Å². The van der Waals surface area contributed by atoms with Crippen LogP contribution in [0.2, 0.25) is 0 Å². The molecule has 2 aliphatic heterocycles. The van der Waals surface area contributed by atoms with Crippen molar-refractivity contribution < 1.29 is 55.7 Å². The number of carbonyl (C=O) groups is 3. The van der Waals surface area contributed by atoms with Gasteiger partial charge in [0, 0.05) is 45.6 Å². The average molecular weight is 582 g/mol. The number of nitrogens with zero attached hydrogens (tertiary/aromatic N) is 3. The Bertz CT molecular complexity index is 1100. The SMILES string of the molecule is Cn1cccc1C(=O)NCC1CCC2(CN(Cc3ccccn3)C2)OC1.O=C(O)C(F)(F)F.O=C(O)C(F)(F)F. The summed E-state index contributed by atoms with van der Waals surface area (Å²) in [6.45, 7) is 4.25. The van der Waals surface area contributed by atoms with Crippen molar-refractivity contribution in [3.8, 4) is 0 Å². The van der Waals surface area contributed by atoms with Gasteiger partial charge in [0.2, 0.25) is 0 Å². The summed E-state index contributed by atoms with van der Waals surface area (Å²) in [5.41, 5.74) is 1.83. The van der Waals surface area contributed by atoms with E-state index in [9.17, 15) is 31.1 Å². The molecule has 1 spiro atoms. The number of ether oxygens (including phenoxy) is 1. The van der Waals surface area contributed by atoms with Crippen molar-refractivity contribution in [1.82, 2.24) is 19.8 Å². The summed E-state index contributed by atoms with van der Waals surface area (Å²) in [6, 6.07) is 9.77. The first kappa shape index (κ1) is 32.6. The molecule has 0 bridgehead atoms. The van der Waals surface area contributed by atoms with Crippen LogP contribution in [0, 0.1) is 5.92 Å². The number of carboxylic acid groups (broad SMARTS) is 2. The second kappa shape index (κ2) is 13.6. The smallest absolute Gasteiger partial charge is 0.475 e. The Labute approximate surface area is 224 Å². The first-order chi connectivity index (χ1) is 18.5. The third kappa shape index (κ3) is 10.1. The lowest BCUT2D eigenvalue weighted by Crippen LogP contribution is -2.64. The van der Waals surface area contributed by atoms with Gasteiger partial charge in [-0.25, -0.2) is 9.59 Å². The van der Waals surface area contributed by atoms with Crippen molar-refractivity contribution >= 4 is 17.8 Å². The standard InChI is InChI=1S/C20H26N4O2.2C2HF3O2/c1-23-10-4-6-18(23)19(25)22-11-16-7-8-20(26-13-16)14-24(15-20)12-17-5-2-3-9-21-17;2*3-2(4,5)1(6)7/h2-6,9-10,16H,7-8,11-15H2,1H3,(H,22,25);2*(H,6,7). The predicted octanol–water partition coefficient (Wildman–Crippen LogP) is 3.10. The van der Waals surface area contributed by atoms with E-state index in [4.69, 9.17) is 24.5 Å². The lowest BCUT2D eigenvalue weighted by molar-refractivity contribution is -0.193. The lowest BCUT2D eigenvalue weighted by atomic mass is 9.83. The van der Waals surface area contributed by atoms with Gasteiger partial charge in [-0.1, -0.05) is 6.07 Å². The Morgan fingerprint density at radius 2 is 1.65 bits per heavy atom. The van der Waals surface area contributed by atoms with E-state index in [0.717, 1.165) is 44.8 Å². The second-order valence-electron chi connectivity index (χ2n) is 9.19. The molecule has 10 nitrogen and oxygen atoms in total. The molecule has 0 radical (unpaired) electrons. The van der Waals surface area contributed by atoms with Gasteiger partial charge in [0.1, 0.15) is 5.69 Å². The number of aromatic nitrogens is 2. The van der Waals surface area contributed by atoms with Crippen molar-refractivity contribution in [2.24, 2.45) is 13.0 Å². The summed E-state index contributed by atoms with van der Waals surface area (Å²) in [4.78, 5) is 36.8. The molecule has 2 saturated heterocycles. The average Bonchev–Trinajstić information content (AvgIpc) is 3.28. The Morgan fingerprint density at radius 3 is 2.08 bits per heavy atom. The van der Waals surface area contributed by atoms with E-state index in [2.05, 4.69) is 21.3 Å². The van der Waals surface area contributed by atoms with E-state index >= 15 is 0 Å². The van der Waals surface area contributed by atoms with Gasteiger partial charge < -0.3 is 24.8 Å². The van der Waals surface area contributed by atoms with Gasteiger partial charge in [-0.05, 0) is 43.0 Å². The van der Waals surface area contributed by atoms with Crippen LogP contribution in [-0.2, 0) is 27.9 Å². The van der Waals surface area contributed by atoms with Crippen molar-refractivity contribution in [1.29, 1.82) is 0 Å². The number of likely N-dealkylation sites (tertiary alicyclic amines) is 1. The summed E-state index contributed by atoms with van der Waals surface area (Å²) in [7, 11) is 1.88. The molecule has 2 aromatic heterocycles. The number of aryl methyl sites for hydroxylation is 1. The van der Waals surface area contributed by atoms with Gasteiger partial charge in [0.15, 0.2) is 0 Å². The lowest BCUT2D eigenvalue weighted by Gasteiger charge is -2.52. The van der Waals surface area contributed by atoms with Crippen LogP contribution < -0.4 is 5.32 Å². The Kier molecular flexibility index (Phi) is 11.1. The number of carboxylic acids is 2. The van der Waals surface area contributed by atoms with E-state index in [1.165, 1.54) is 0 Å². The number of hydrogen-bond donors (Lipinski definition) is 3. The van der Waals surface area contributed by atoms with Crippen LogP contribution in [0.4, 0.5) is 26.3 Å². The molecule has 1 unspecified atom stereocenters. The maximum Gasteiger partial charge on any atom is 0.490 e. The predicted molar refractivity (Wildman–Crippen MR) is 126 cm³/mol. The summed E-state index contributed by atoms with van der Waals surface area (Å²) in [5, 5.41) is 17.3. The summed E-state index contributed by atoms with van der Waals surface area (Å²) < 4.78 is 71.5. The number of hydrogen-bond acceptors (Lipinski definition) is 6. The molecule has 2 aliphatic rings. The van der Waals surface area contributed by atoms with E-state index in [0.29, 0.717) is 18.2 Å². The number of aliphatic carboxylic acids is 2. The normalized spacial score (nSPS) is 18.3. The molecular weight excluding hydrogens is 554 g/mol. The first-order valence-corrected chi connectivity index (χ1v) is 11.8. The minimum Gasteiger partial charge on any atom is -0.475 e. The largest absolute Gasteiger partial charge is 0.490 e. The van der Waals surface area contributed by atoms with Crippen LogP contribution in [-0.4, -0.2) is 86.7 Å². The molecule has 2 fully saturated rings. The van der Waals surface area contributed by atoms with Gasteiger partial charge in [-0.3, -0.25) is 14.7 Å². The molecule has 1 atom stereocenters. The highest BCUT2D eigenvalue weighted by Gasteiger charge is 2.46. The zero-order valence-electron chi connectivity index (χ0n) is 21.2. The fourth-order valence-electron chi connectivity index (χ4n) is 3.95. The summed E-state index contributed by atoms with van der Waals surface area (Å²) in [6.07, 6.45) is -4.27. The molecule has 0 saturated carbocycles. The molecule has 0 aliphatic carbocycles. The maximum atomic E-state index is 12.2. The van der Waals surface area contributed by atoms with E-state index in [1.54, 1.807) is 0 Å². The topological polar surface area (TPSA) is 134 Å². The first-order valence-electron chi connectivity index (χ1n) is 11.8. The van der Waals surface area contributed by atoms with Crippen LogP contribution in [0.3, 0.4) is 0 Å². The number of rotatable bonds is 5. The molecule has 3 N–H and O–H groups in total. The monoisotopic (exact) mass is 582 g/mol. The van der Waals surface area contributed by atoms with Crippen molar-refractivity contribution in [3.05, 3.63) is 54.1 Å². The van der Waals surface area contributed by atoms with Crippen LogP contribution >= 0.6 is 0 Å².